The number of aliphatic carboxylic acids is 1. The van der Waals surface area contributed by atoms with Crippen molar-refractivity contribution in [2.75, 3.05) is 7.11 Å². The van der Waals surface area contributed by atoms with Crippen molar-refractivity contribution in [3.8, 4) is 0 Å². The standard InChI is InChI=1S/C10H16N2O3/c1-7(2)12-8(4-5-11-12)6-9(15-3)10(13)14/h4-5,7,9H,6H2,1-3H3,(H,13,14). The van der Waals surface area contributed by atoms with E-state index in [1.54, 1.807) is 10.9 Å². The summed E-state index contributed by atoms with van der Waals surface area (Å²) >= 11 is 0. The van der Waals surface area contributed by atoms with E-state index in [0.717, 1.165) is 5.69 Å². The van der Waals surface area contributed by atoms with Gasteiger partial charge in [0.15, 0.2) is 6.10 Å². The minimum absolute atomic E-state index is 0.223. The lowest BCUT2D eigenvalue weighted by Crippen LogP contribution is -2.26. The fourth-order valence-corrected chi connectivity index (χ4v) is 1.43. The van der Waals surface area contributed by atoms with Crippen LogP contribution in [-0.4, -0.2) is 34.1 Å². The SMILES string of the molecule is COC(Cc1ccnn1C(C)C)C(=O)O. The Labute approximate surface area is 88.7 Å². The van der Waals surface area contributed by atoms with E-state index in [1.165, 1.54) is 7.11 Å². The minimum atomic E-state index is -0.950. The maximum Gasteiger partial charge on any atom is 0.333 e. The van der Waals surface area contributed by atoms with Crippen molar-refractivity contribution in [1.29, 1.82) is 0 Å². The largest absolute Gasteiger partial charge is 0.479 e. The van der Waals surface area contributed by atoms with E-state index in [-0.39, 0.29) is 6.04 Å². The number of aromatic nitrogens is 2. The molecule has 0 spiro atoms. The summed E-state index contributed by atoms with van der Waals surface area (Å²) in [6, 6.07) is 2.04. The second kappa shape index (κ2) is 4.93. The maximum absolute atomic E-state index is 10.8. The fourth-order valence-electron chi connectivity index (χ4n) is 1.43. The van der Waals surface area contributed by atoms with Gasteiger partial charge in [0.1, 0.15) is 0 Å². The average molecular weight is 212 g/mol. The van der Waals surface area contributed by atoms with Crippen LogP contribution in [0.4, 0.5) is 0 Å². The summed E-state index contributed by atoms with van der Waals surface area (Å²) in [6.07, 6.45) is 1.20. The van der Waals surface area contributed by atoms with Crippen LogP contribution in [0, 0.1) is 0 Å². The molecule has 0 radical (unpaired) electrons. The van der Waals surface area contributed by atoms with E-state index in [0.29, 0.717) is 6.42 Å². The smallest absolute Gasteiger partial charge is 0.333 e. The van der Waals surface area contributed by atoms with Gasteiger partial charge in [-0.05, 0) is 19.9 Å². The van der Waals surface area contributed by atoms with Crippen LogP contribution < -0.4 is 0 Å². The topological polar surface area (TPSA) is 64.4 Å². The third kappa shape index (κ3) is 2.79. The molecule has 1 unspecified atom stereocenters. The lowest BCUT2D eigenvalue weighted by Gasteiger charge is -2.14. The van der Waals surface area contributed by atoms with Crippen molar-refractivity contribution in [2.45, 2.75) is 32.4 Å². The normalized spacial score (nSPS) is 13.1. The molecule has 0 fully saturated rings. The summed E-state index contributed by atoms with van der Waals surface area (Å²) in [7, 11) is 1.40. The van der Waals surface area contributed by atoms with E-state index in [2.05, 4.69) is 5.10 Å². The van der Waals surface area contributed by atoms with Gasteiger partial charge in [0.05, 0.1) is 0 Å². The monoisotopic (exact) mass is 212 g/mol. The summed E-state index contributed by atoms with van der Waals surface area (Å²) in [5, 5.41) is 13.0. The maximum atomic E-state index is 10.8. The van der Waals surface area contributed by atoms with Gasteiger partial charge in [-0.1, -0.05) is 0 Å². The Balaban J connectivity index is 2.79. The van der Waals surface area contributed by atoms with Crippen molar-refractivity contribution >= 4 is 5.97 Å². The molecule has 5 heteroatoms. The number of carboxylic acid groups (broad SMARTS) is 1. The third-order valence-electron chi connectivity index (χ3n) is 2.20. The van der Waals surface area contributed by atoms with Gasteiger partial charge in [-0.2, -0.15) is 5.10 Å². The van der Waals surface area contributed by atoms with Gasteiger partial charge in [0.2, 0.25) is 0 Å². The van der Waals surface area contributed by atoms with Crippen LogP contribution in [0.15, 0.2) is 12.3 Å². The number of rotatable bonds is 5. The molecule has 1 atom stereocenters. The van der Waals surface area contributed by atoms with Gasteiger partial charge < -0.3 is 9.84 Å². The fraction of sp³-hybridized carbons (Fsp3) is 0.600. The van der Waals surface area contributed by atoms with Gasteiger partial charge in [-0.3, -0.25) is 4.68 Å². The van der Waals surface area contributed by atoms with Crippen molar-refractivity contribution < 1.29 is 14.6 Å². The Morgan fingerprint density at radius 2 is 2.33 bits per heavy atom. The number of nitrogens with zero attached hydrogens (tertiary/aromatic N) is 2. The first-order valence-electron chi connectivity index (χ1n) is 4.84. The van der Waals surface area contributed by atoms with Gasteiger partial charge in [-0.15, -0.1) is 0 Å². The molecule has 1 rings (SSSR count). The van der Waals surface area contributed by atoms with Gasteiger partial charge in [-0.25, -0.2) is 4.79 Å². The molecule has 0 saturated heterocycles. The number of carbonyl (C=O) groups is 1. The second-order valence-electron chi connectivity index (χ2n) is 3.63. The summed E-state index contributed by atoms with van der Waals surface area (Å²) in [5.74, 6) is -0.950. The zero-order valence-corrected chi connectivity index (χ0v) is 9.17. The predicted octanol–water partition coefficient (Wildman–Crippen LogP) is 1.11. The molecule has 0 bridgehead atoms. The molecule has 0 amide bonds. The molecule has 1 aromatic heterocycles. The molecule has 0 saturated carbocycles. The number of hydrogen-bond acceptors (Lipinski definition) is 3. The third-order valence-corrected chi connectivity index (χ3v) is 2.20. The number of methoxy groups -OCH3 is 1. The molecule has 0 aliphatic heterocycles. The van der Waals surface area contributed by atoms with E-state index < -0.39 is 12.1 Å². The highest BCUT2D eigenvalue weighted by Gasteiger charge is 2.19. The summed E-state index contributed by atoms with van der Waals surface area (Å²) in [5.41, 5.74) is 0.874. The molecule has 1 N–H and O–H groups in total. The van der Waals surface area contributed by atoms with Crippen LogP contribution in [0.3, 0.4) is 0 Å². The Morgan fingerprint density at radius 3 is 2.80 bits per heavy atom. The number of hydrogen-bond donors (Lipinski definition) is 1. The number of ether oxygens (including phenoxy) is 1. The first-order chi connectivity index (χ1) is 7.06. The summed E-state index contributed by atoms with van der Waals surface area (Å²) in [4.78, 5) is 10.8. The first kappa shape index (κ1) is 11.7. The Morgan fingerprint density at radius 1 is 1.67 bits per heavy atom. The highest BCUT2D eigenvalue weighted by molar-refractivity contribution is 5.72. The summed E-state index contributed by atoms with van der Waals surface area (Å²) < 4.78 is 6.68. The predicted molar refractivity (Wildman–Crippen MR) is 54.7 cm³/mol. The molecule has 0 aliphatic carbocycles. The molecule has 0 aromatic carbocycles. The minimum Gasteiger partial charge on any atom is -0.479 e. The lowest BCUT2D eigenvalue weighted by molar-refractivity contribution is -0.148. The zero-order chi connectivity index (χ0) is 11.4. The van der Waals surface area contributed by atoms with E-state index >= 15 is 0 Å². The zero-order valence-electron chi connectivity index (χ0n) is 9.17. The van der Waals surface area contributed by atoms with Crippen molar-refractivity contribution in [1.82, 2.24) is 9.78 Å². The van der Waals surface area contributed by atoms with Crippen LogP contribution in [0.25, 0.3) is 0 Å². The lowest BCUT2D eigenvalue weighted by atomic mass is 10.2. The molecular weight excluding hydrogens is 196 g/mol. The van der Waals surface area contributed by atoms with Crippen molar-refractivity contribution in [2.24, 2.45) is 0 Å². The molecule has 0 aliphatic rings. The highest BCUT2D eigenvalue weighted by atomic mass is 16.5. The van der Waals surface area contributed by atoms with Crippen LogP contribution in [0.5, 0.6) is 0 Å². The molecule has 1 heterocycles. The second-order valence-corrected chi connectivity index (χ2v) is 3.63. The highest BCUT2D eigenvalue weighted by Crippen LogP contribution is 2.11. The molecule has 84 valence electrons. The Kier molecular flexibility index (Phi) is 3.85. The summed E-state index contributed by atoms with van der Waals surface area (Å²) in [6.45, 7) is 4.00. The van der Waals surface area contributed by atoms with Crippen molar-refractivity contribution in [3.05, 3.63) is 18.0 Å². The average Bonchev–Trinajstić information content (AvgIpc) is 2.61. The molecular formula is C10H16N2O3. The Bertz CT molecular complexity index is 333. The molecule has 15 heavy (non-hydrogen) atoms. The van der Waals surface area contributed by atoms with Crippen LogP contribution in [0.1, 0.15) is 25.6 Å². The molecule has 5 nitrogen and oxygen atoms in total. The number of carboxylic acids is 1. The van der Waals surface area contributed by atoms with E-state index in [9.17, 15) is 4.79 Å². The molecule has 1 aromatic rings. The van der Waals surface area contributed by atoms with Crippen LogP contribution in [0.2, 0.25) is 0 Å². The van der Waals surface area contributed by atoms with Crippen LogP contribution >= 0.6 is 0 Å². The van der Waals surface area contributed by atoms with Crippen LogP contribution in [-0.2, 0) is 16.0 Å². The van der Waals surface area contributed by atoms with Gasteiger partial charge in [0, 0.05) is 31.5 Å². The van der Waals surface area contributed by atoms with Gasteiger partial charge in [0.25, 0.3) is 0 Å². The Hall–Kier alpha value is -1.36. The van der Waals surface area contributed by atoms with Crippen molar-refractivity contribution in [3.63, 3.8) is 0 Å². The van der Waals surface area contributed by atoms with Gasteiger partial charge >= 0.3 is 5.97 Å². The quantitative estimate of drug-likeness (QED) is 0.794. The van der Waals surface area contributed by atoms with E-state index in [4.69, 9.17) is 9.84 Å². The van der Waals surface area contributed by atoms with E-state index in [1.807, 2.05) is 19.9 Å². The first-order valence-corrected chi connectivity index (χ1v) is 4.84.